The van der Waals surface area contributed by atoms with Crippen molar-refractivity contribution < 1.29 is 9.50 Å². The SMILES string of the molecule is CC(Nc1ccc(CO)cc1)c1ccc(F)cc1. The number of aliphatic hydroxyl groups excluding tert-OH is 1. The lowest BCUT2D eigenvalue weighted by atomic mass is 10.1. The lowest BCUT2D eigenvalue weighted by Gasteiger charge is -2.16. The zero-order chi connectivity index (χ0) is 13.0. The minimum Gasteiger partial charge on any atom is -0.392 e. The maximum absolute atomic E-state index is 12.8. The minimum absolute atomic E-state index is 0.0494. The zero-order valence-corrected chi connectivity index (χ0v) is 10.2. The van der Waals surface area contributed by atoms with E-state index in [0.29, 0.717) is 0 Å². The van der Waals surface area contributed by atoms with E-state index in [1.165, 1.54) is 12.1 Å². The summed E-state index contributed by atoms with van der Waals surface area (Å²) in [4.78, 5) is 0. The molecule has 2 nitrogen and oxygen atoms in total. The van der Waals surface area contributed by atoms with E-state index in [1.807, 2.05) is 31.2 Å². The predicted octanol–water partition coefficient (Wildman–Crippen LogP) is 3.49. The van der Waals surface area contributed by atoms with Crippen LogP contribution in [0.1, 0.15) is 24.1 Å². The topological polar surface area (TPSA) is 32.3 Å². The van der Waals surface area contributed by atoms with Crippen molar-refractivity contribution in [2.75, 3.05) is 5.32 Å². The fourth-order valence-corrected chi connectivity index (χ4v) is 1.79. The standard InChI is InChI=1S/C15H16FNO/c1-11(13-4-6-14(16)7-5-13)17-15-8-2-12(10-18)3-9-15/h2-9,11,17-18H,10H2,1H3. The van der Waals surface area contributed by atoms with Crippen LogP contribution in [0.25, 0.3) is 0 Å². The third-order valence-corrected chi connectivity index (χ3v) is 2.89. The molecule has 0 aliphatic rings. The molecule has 18 heavy (non-hydrogen) atoms. The highest BCUT2D eigenvalue weighted by Gasteiger charge is 2.05. The second-order valence-electron chi connectivity index (χ2n) is 4.27. The maximum Gasteiger partial charge on any atom is 0.123 e. The van der Waals surface area contributed by atoms with Crippen molar-refractivity contribution in [1.29, 1.82) is 0 Å². The Morgan fingerprint density at radius 2 is 1.67 bits per heavy atom. The molecule has 2 rings (SSSR count). The molecular weight excluding hydrogens is 229 g/mol. The Bertz CT molecular complexity index is 493. The molecule has 3 heteroatoms. The summed E-state index contributed by atoms with van der Waals surface area (Å²) in [7, 11) is 0. The number of nitrogens with one attached hydrogen (secondary N) is 1. The molecule has 0 aromatic heterocycles. The van der Waals surface area contributed by atoms with E-state index in [9.17, 15) is 4.39 Å². The third kappa shape index (κ3) is 3.08. The molecule has 0 radical (unpaired) electrons. The highest BCUT2D eigenvalue weighted by atomic mass is 19.1. The summed E-state index contributed by atoms with van der Waals surface area (Å²) in [6, 6.07) is 14.2. The van der Waals surface area contributed by atoms with Gasteiger partial charge in [0.2, 0.25) is 0 Å². The average molecular weight is 245 g/mol. The van der Waals surface area contributed by atoms with Gasteiger partial charge in [-0.25, -0.2) is 4.39 Å². The van der Waals surface area contributed by atoms with Gasteiger partial charge in [-0.3, -0.25) is 0 Å². The highest BCUT2D eigenvalue weighted by molar-refractivity contribution is 5.46. The lowest BCUT2D eigenvalue weighted by Crippen LogP contribution is -2.06. The van der Waals surface area contributed by atoms with Crippen LogP contribution >= 0.6 is 0 Å². The number of hydrogen-bond donors (Lipinski definition) is 2. The van der Waals surface area contributed by atoms with Gasteiger partial charge in [0.1, 0.15) is 5.82 Å². The van der Waals surface area contributed by atoms with E-state index in [0.717, 1.165) is 16.8 Å². The summed E-state index contributed by atoms with van der Waals surface area (Å²) >= 11 is 0. The van der Waals surface area contributed by atoms with E-state index < -0.39 is 0 Å². The number of benzene rings is 2. The van der Waals surface area contributed by atoms with Gasteiger partial charge in [0, 0.05) is 11.7 Å². The molecule has 2 aromatic rings. The molecule has 0 saturated heterocycles. The van der Waals surface area contributed by atoms with Gasteiger partial charge >= 0.3 is 0 Å². The molecule has 0 heterocycles. The first-order valence-corrected chi connectivity index (χ1v) is 5.91. The Hall–Kier alpha value is -1.87. The molecule has 0 aliphatic carbocycles. The number of rotatable bonds is 4. The number of aliphatic hydroxyl groups is 1. The molecule has 0 bridgehead atoms. The van der Waals surface area contributed by atoms with Gasteiger partial charge in [-0.1, -0.05) is 24.3 Å². The summed E-state index contributed by atoms with van der Waals surface area (Å²) in [6.07, 6.45) is 0. The van der Waals surface area contributed by atoms with Crippen LogP contribution in [0.15, 0.2) is 48.5 Å². The second-order valence-corrected chi connectivity index (χ2v) is 4.27. The molecular formula is C15H16FNO. The van der Waals surface area contributed by atoms with Gasteiger partial charge in [0.15, 0.2) is 0 Å². The zero-order valence-electron chi connectivity index (χ0n) is 10.2. The first kappa shape index (κ1) is 12.6. The van der Waals surface area contributed by atoms with Crippen molar-refractivity contribution in [3.63, 3.8) is 0 Å². The predicted molar refractivity (Wildman–Crippen MR) is 70.8 cm³/mol. The summed E-state index contributed by atoms with van der Waals surface area (Å²) in [5.74, 6) is -0.224. The first-order chi connectivity index (χ1) is 8.69. The maximum atomic E-state index is 12.8. The largest absolute Gasteiger partial charge is 0.392 e. The summed E-state index contributed by atoms with van der Waals surface area (Å²) < 4.78 is 12.8. The summed E-state index contributed by atoms with van der Waals surface area (Å²) in [6.45, 7) is 2.07. The van der Waals surface area contributed by atoms with Crippen LogP contribution in [-0.4, -0.2) is 5.11 Å². The van der Waals surface area contributed by atoms with Crippen LogP contribution < -0.4 is 5.32 Å². The van der Waals surface area contributed by atoms with Gasteiger partial charge in [0.25, 0.3) is 0 Å². The van der Waals surface area contributed by atoms with Gasteiger partial charge in [0.05, 0.1) is 6.61 Å². The highest BCUT2D eigenvalue weighted by Crippen LogP contribution is 2.19. The number of anilines is 1. The van der Waals surface area contributed by atoms with Gasteiger partial charge < -0.3 is 10.4 Å². The van der Waals surface area contributed by atoms with Crippen LogP contribution in [0.2, 0.25) is 0 Å². The third-order valence-electron chi connectivity index (χ3n) is 2.89. The van der Waals surface area contributed by atoms with Crippen LogP contribution in [0, 0.1) is 5.82 Å². The van der Waals surface area contributed by atoms with Crippen molar-refractivity contribution in [2.24, 2.45) is 0 Å². The fourth-order valence-electron chi connectivity index (χ4n) is 1.79. The van der Waals surface area contributed by atoms with E-state index in [1.54, 1.807) is 12.1 Å². The fraction of sp³-hybridized carbons (Fsp3) is 0.200. The Morgan fingerprint density at radius 3 is 2.22 bits per heavy atom. The Labute approximate surface area is 106 Å². The van der Waals surface area contributed by atoms with Crippen molar-refractivity contribution in [1.82, 2.24) is 0 Å². The van der Waals surface area contributed by atoms with E-state index in [4.69, 9.17) is 5.11 Å². The molecule has 94 valence electrons. The van der Waals surface area contributed by atoms with Crippen LogP contribution in [0.5, 0.6) is 0 Å². The molecule has 0 saturated carbocycles. The van der Waals surface area contributed by atoms with Crippen molar-refractivity contribution in [3.05, 3.63) is 65.5 Å². The molecule has 0 spiro atoms. The smallest absolute Gasteiger partial charge is 0.123 e. The van der Waals surface area contributed by atoms with Gasteiger partial charge in [-0.15, -0.1) is 0 Å². The first-order valence-electron chi connectivity index (χ1n) is 5.91. The molecule has 0 amide bonds. The molecule has 0 aliphatic heterocycles. The van der Waals surface area contributed by atoms with Gasteiger partial charge in [-0.2, -0.15) is 0 Å². The molecule has 1 unspecified atom stereocenters. The normalized spacial score (nSPS) is 12.2. The second kappa shape index (κ2) is 5.65. The molecule has 2 aromatic carbocycles. The minimum atomic E-state index is -0.224. The van der Waals surface area contributed by atoms with Crippen LogP contribution in [0.4, 0.5) is 10.1 Å². The number of halogens is 1. The molecule has 1 atom stereocenters. The lowest BCUT2D eigenvalue weighted by molar-refractivity contribution is 0.282. The van der Waals surface area contributed by atoms with E-state index in [-0.39, 0.29) is 18.5 Å². The Kier molecular flexibility index (Phi) is 3.95. The quantitative estimate of drug-likeness (QED) is 0.864. The Balaban J connectivity index is 2.05. The molecule has 2 N–H and O–H groups in total. The van der Waals surface area contributed by atoms with Crippen molar-refractivity contribution in [3.8, 4) is 0 Å². The average Bonchev–Trinajstić information content (AvgIpc) is 2.40. The monoisotopic (exact) mass is 245 g/mol. The Morgan fingerprint density at radius 1 is 1.06 bits per heavy atom. The van der Waals surface area contributed by atoms with Crippen LogP contribution in [0.3, 0.4) is 0 Å². The van der Waals surface area contributed by atoms with E-state index >= 15 is 0 Å². The van der Waals surface area contributed by atoms with Crippen LogP contribution in [-0.2, 0) is 6.61 Å². The van der Waals surface area contributed by atoms with Crippen molar-refractivity contribution in [2.45, 2.75) is 19.6 Å². The van der Waals surface area contributed by atoms with Gasteiger partial charge in [-0.05, 0) is 42.3 Å². The summed E-state index contributed by atoms with van der Waals surface area (Å²) in [5.41, 5.74) is 2.89. The van der Waals surface area contributed by atoms with E-state index in [2.05, 4.69) is 5.32 Å². The summed E-state index contributed by atoms with van der Waals surface area (Å²) in [5, 5.41) is 12.3. The number of hydrogen-bond acceptors (Lipinski definition) is 2. The molecule has 0 fully saturated rings. The van der Waals surface area contributed by atoms with Crippen molar-refractivity contribution >= 4 is 5.69 Å².